The van der Waals surface area contributed by atoms with Crippen LogP contribution in [0, 0.1) is 5.92 Å². The molecule has 0 saturated heterocycles. The Kier molecular flexibility index (Phi) is 11.8. The van der Waals surface area contributed by atoms with Crippen LogP contribution in [-0.2, 0) is 37.1 Å². The maximum atomic E-state index is 13.7. The second kappa shape index (κ2) is 15.1. The van der Waals surface area contributed by atoms with E-state index in [0.717, 1.165) is 5.39 Å². The number of anilines is 1. The van der Waals surface area contributed by atoms with Gasteiger partial charge in [0, 0.05) is 25.0 Å². The number of nitrogens with one attached hydrogen (secondary N) is 2. The number of amides is 3. The highest BCUT2D eigenvalue weighted by Crippen LogP contribution is 2.31. The number of benzene rings is 1. The smallest absolute Gasteiger partial charge is 0.303 e. The molecule has 0 spiro atoms. The number of pyridine rings is 1. The van der Waals surface area contributed by atoms with E-state index < -0.39 is 35.3 Å². The molecule has 4 N–H and O–H groups in total. The predicted octanol–water partition coefficient (Wildman–Crippen LogP) is 3.07. The van der Waals surface area contributed by atoms with Crippen LogP contribution in [0.4, 0.5) is 5.82 Å². The first-order valence-electron chi connectivity index (χ1n) is 14.9. The highest BCUT2D eigenvalue weighted by molar-refractivity contribution is 6.10. The lowest BCUT2D eigenvalue weighted by Gasteiger charge is -2.25. The van der Waals surface area contributed by atoms with Crippen LogP contribution in [0.3, 0.4) is 0 Å². The zero-order chi connectivity index (χ0) is 32.6. The fraction of sp³-hybridized carbons (Fsp3) is 0.548. The van der Waals surface area contributed by atoms with Crippen molar-refractivity contribution >= 4 is 51.4 Å². The molecule has 240 valence electrons. The van der Waals surface area contributed by atoms with E-state index in [9.17, 15) is 24.3 Å². The molecule has 1 aromatic carbocycles. The lowest BCUT2D eigenvalue weighted by molar-refractivity contribution is -0.142. The molecule has 1 atom stereocenters. The second-order valence-electron chi connectivity index (χ2n) is 11.7. The number of ether oxygens (including phenoxy) is 1. The number of imidazole rings is 1. The molecule has 44 heavy (non-hydrogen) atoms. The number of nitrogens with zero attached hydrogens (tertiary/aromatic N) is 4. The zero-order valence-corrected chi connectivity index (χ0v) is 26.3. The summed E-state index contributed by atoms with van der Waals surface area (Å²) in [6, 6.07) is 6.47. The molecule has 0 radical (unpaired) electrons. The molecule has 2 heterocycles. The second-order valence-corrected chi connectivity index (χ2v) is 11.7. The highest BCUT2D eigenvalue weighted by Gasteiger charge is 2.29. The molecule has 3 aromatic rings. The Morgan fingerprint density at radius 2 is 1.80 bits per heavy atom. The third-order valence-corrected chi connectivity index (χ3v) is 6.88. The Labute approximate surface area is 257 Å². The molecule has 0 aliphatic rings. The van der Waals surface area contributed by atoms with Crippen LogP contribution < -0.4 is 10.6 Å². The number of aromatic nitrogens is 3. The summed E-state index contributed by atoms with van der Waals surface area (Å²) in [5.41, 5.74) is 0.636. The average Bonchev–Trinajstić information content (AvgIpc) is 3.30. The monoisotopic (exact) mass is 612 g/mol. The first-order chi connectivity index (χ1) is 20.7. The third-order valence-electron chi connectivity index (χ3n) is 6.88. The highest BCUT2D eigenvalue weighted by atomic mass is 16.5. The number of carbonyl (C=O) groups excluding carboxylic acids is 3. The largest absolute Gasteiger partial charge is 0.481 e. The number of aliphatic carboxylic acids is 1. The molecule has 0 saturated carbocycles. The minimum absolute atomic E-state index is 0.188. The summed E-state index contributed by atoms with van der Waals surface area (Å²) in [6.07, 6.45) is 0.0315. The van der Waals surface area contributed by atoms with Gasteiger partial charge in [-0.15, -0.1) is 0 Å². The molecule has 13 nitrogen and oxygen atoms in total. The molecule has 3 rings (SSSR count). The lowest BCUT2D eigenvalue weighted by Crippen LogP contribution is -2.51. The first kappa shape index (κ1) is 34.4. The summed E-state index contributed by atoms with van der Waals surface area (Å²) < 4.78 is 7.55. The average molecular weight is 613 g/mol. The number of fused-ring (bicyclic) bond motifs is 3. The number of hydrogen-bond donors (Lipinski definition) is 4. The maximum absolute atomic E-state index is 13.7. The van der Waals surface area contributed by atoms with Crippen molar-refractivity contribution in [2.24, 2.45) is 5.92 Å². The minimum atomic E-state index is -1.10. The van der Waals surface area contributed by atoms with Gasteiger partial charge in [-0.25, -0.2) is 9.97 Å². The number of carboxylic acid groups (broad SMARTS) is 1. The van der Waals surface area contributed by atoms with Crippen molar-refractivity contribution in [1.29, 1.82) is 0 Å². The number of hydrogen-bond acceptors (Lipinski definition) is 8. The van der Waals surface area contributed by atoms with E-state index in [1.165, 1.54) is 4.90 Å². The van der Waals surface area contributed by atoms with Crippen LogP contribution in [-0.4, -0.2) is 84.7 Å². The van der Waals surface area contributed by atoms with E-state index in [1.54, 1.807) is 27.7 Å². The topological polar surface area (TPSA) is 176 Å². The van der Waals surface area contributed by atoms with E-state index in [2.05, 4.69) is 10.6 Å². The van der Waals surface area contributed by atoms with E-state index in [0.29, 0.717) is 35.4 Å². The Hall–Kier alpha value is -4.10. The van der Waals surface area contributed by atoms with E-state index in [-0.39, 0.29) is 50.8 Å². The predicted molar refractivity (Wildman–Crippen MR) is 166 cm³/mol. The lowest BCUT2D eigenvalue weighted by atomic mass is 10.0. The number of rotatable bonds is 16. The molecule has 0 bridgehead atoms. The summed E-state index contributed by atoms with van der Waals surface area (Å²) in [6.45, 7) is 11.5. The van der Waals surface area contributed by atoms with Crippen LogP contribution in [0.25, 0.3) is 21.9 Å². The summed E-state index contributed by atoms with van der Waals surface area (Å²) in [4.78, 5) is 61.0. The number of carboxylic acids is 1. The van der Waals surface area contributed by atoms with Gasteiger partial charge in [-0.2, -0.15) is 0 Å². The Bertz CT molecular complexity index is 1490. The first-order valence-corrected chi connectivity index (χ1v) is 14.9. The quantitative estimate of drug-likeness (QED) is 0.189. The summed E-state index contributed by atoms with van der Waals surface area (Å²) in [5.74, 6) is -2.15. The number of aliphatic hydroxyl groups is 1. The van der Waals surface area contributed by atoms with Crippen molar-refractivity contribution in [3.05, 3.63) is 30.1 Å². The Balaban J connectivity index is 1.95. The molecule has 0 aliphatic carbocycles. The number of carbonyl (C=O) groups is 4. The van der Waals surface area contributed by atoms with E-state index in [1.807, 2.05) is 42.7 Å². The molecular weight excluding hydrogens is 568 g/mol. The van der Waals surface area contributed by atoms with Gasteiger partial charge in [-0.3, -0.25) is 19.2 Å². The van der Waals surface area contributed by atoms with Crippen LogP contribution in [0.2, 0.25) is 0 Å². The molecule has 0 fully saturated rings. The van der Waals surface area contributed by atoms with Crippen molar-refractivity contribution in [1.82, 2.24) is 24.8 Å². The minimum Gasteiger partial charge on any atom is -0.481 e. The SMILES string of the molecule is CCCN(CC(=O)NC(C(=O)Nc1nc2ccccc2c2c1nc(COCC)n2CC(C)(C)O)C(C)C)C(=O)CCC(=O)O. The van der Waals surface area contributed by atoms with Gasteiger partial charge in [0.2, 0.25) is 17.7 Å². The zero-order valence-electron chi connectivity index (χ0n) is 26.3. The van der Waals surface area contributed by atoms with Crippen molar-refractivity contribution in [2.75, 3.05) is 25.0 Å². The van der Waals surface area contributed by atoms with Crippen molar-refractivity contribution < 1.29 is 34.1 Å². The van der Waals surface area contributed by atoms with Gasteiger partial charge in [0.05, 0.1) is 36.1 Å². The van der Waals surface area contributed by atoms with Crippen LogP contribution >= 0.6 is 0 Å². The normalized spacial score (nSPS) is 12.5. The van der Waals surface area contributed by atoms with Crippen molar-refractivity contribution in [2.45, 2.75) is 85.6 Å². The Morgan fingerprint density at radius 3 is 2.41 bits per heavy atom. The molecule has 1 unspecified atom stereocenters. The van der Waals surface area contributed by atoms with Crippen molar-refractivity contribution in [3.63, 3.8) is 0 Å². The third kappa shape index (κ3) is 8.96. The molecular formula is C31H44N6O7. The van der Waals surface area contributed by atoms with Crippen molar-refractivity contribution in [3.8, 4) is 0 Å². The van der Waals surface area contributed by atoms with Crippen LogP contribution in [0.15, 0.2) is 24.3 Å². The molecule has 2 aromatic heterocycles. The van der Waals surface area contributed by atoms with Crippen LogP contribution in [0.5, 0.6) is 0 Å². The van der Waals surface area contributed by atoms with Gasteiger partial charge in [0.25, 0.3) is 0 Å². The van der Waals surface area contributed by atoms with E-state index in [4.69, 9.17) is 19.8 Å². The summed E-state index contributed by atoms with van der Waals surface area (Å²) >= 11 is 0. The molecule has 3 amide bonds. The molecule has 13 heteroatoms. The summed E-state index contributed by atoms with van der Waals surface area (Å²) in [5, 5.41) is 26.0. The van der Waals surface area contributed by atoms with E-state index >= 15 is 0 Å². The van der Waals surface area contributed by atoms with Gasteiger partial charge in [-0.1, -0.05) is 39.0 Å². The fourth-order valence-corrected chi connectivity index (χ4v) is 4.89. The standard InChI is InChI=1S/C31H44N6O7/c1-7-15-36(24(39)13-14-25(40)41)16-23(38)34-26(19(3)4)30(42)35-29-27-28(20-11-9-10-12-21(20)32-29)37(18-31(5,6)43)22(33-27)17-44-8-2/h9-12,19,26,43H,7-8,13-18H2,1-6H3,(H,34,38)(H,40,41)(H,32,35,42). The fourth-order valence-electron chi connectivity index (χ4n) is 4.89. The van der Waals surface area contributed by atoms with Gasteiger partial charge in [0.1, 0.15) is 24.0 Å². The maximum Gasteiger partial charge on any atom is 0.303 e. The van der Waals surface area contributed by atoms with Gasteiger partial charge in [0.15, 0.2) is 5.82 Å². The Morgan fingerprint density at radius 1 is 1.09 bits per heavy atom. The number of para-hydroxylation sites is 1. The van der Waals surface area contributed by atoms with Gasteiger partial charge in [-0.05, 0) is 39.2 Å². The summed E-state index contributed by atoms with van der Waals surface area (Å²) in [7, 11) is 0. The van der Waals surface area contributed by atoms with Gasteiger partial charge >= 0.3 is 5.97 Å². The molecule has 0 aliphatic heterocycles. The van der Waals surface area contributed by atoms with Gasteiger partial charge < -0.3 is 35.1 Å². The van der Waals surface area contributed by atoms with Crippen LogP contribution in [0.1, 0.15) is 66.6 Å².